The number of benzene rings is 1. The number of anilines is 1. The summed E-state index contributed by atoms with van der Waals surface area (Å²) in [5.41, 5.74) is 3.98. The molecule has 0 aliphatic rings. The quantitative estimate of drug-likeness (QED) is 0.642. The van der Waals surface area contributed by atoms with Crippen LogP contribution in [0.5, 0.6) is 0 Å². The Morgan fingerprint density at radius 3 is 2.28 bits per heavy atom. The van der Waals surface area contributed by atoms with E-state index < -0.39 is 48.1 Å². The number of hydrogen-bond donors (Lipinski definition) is 1. The van der Waals surface area contributed by atoms with Gasteiger partial charge in [-0.15, -0.1) is 0 Å². The molecule has 1 aromatic carbocycles. The van der Waals surface area contributed by atoms with Gasteiger partial charge in [-0.3, -0.25) is 14.5 Å². The molecule has 2 N–H and O–H groups in total. The van der Waals surface area contributed by atoms with Crippen molar-refractivity contribution in [1.29, 1.82) is 0 Å². The summed E-state index contributed by atoms with van der Waals surface area (Å²) in [6.45, 7) is 3.71. The van der Waals surface area contributed by atoms with Gasteiger partial charge in [-0.1, -0.05) is 19.9 Å². The number of hydrogen-bond acceptors (Lipinski definition) is 5. The Balaban J connectivity index is 3.34. The number of carbonyl (C=O) groups is 3. The fraction of sp³-hybridized carbons (Fsp3) is 0.438. The van der Waals surface area contributed by atoms with Crippen molar-refractivity contribution in [2.24, 2.45) is 11.7 Å². The zero-order chi connectivity index (χ0) is 19.4. The number of rotatable bonds is 5. The molecule has 0 saturated carbocycles. The van der Waals surface area contributed by atoms with Gasteiger partial charge in [0.2, 0.25) is 5.91 Å². The van der Waals surface area contributed by atoms with Crippen LogP contribution in [0.3, 0.4) is 0 Å². The molecule has 0 fully saturated rings. The molecule has 0 unspecified atom stereocenters. The van der Waals surface area contributed by atoms with Gasteiger partial charge in [0.15, 0.2) is 0 Å². The highest BCUT2D eigenvalue weighted by Crippen LogP contribution is 2.33. The van der Waals surface area contributed by atoms with Crippen LogP contribution in [-0.2, 0) is 25.3 Å². The maximum absolute atomic E-state index is 12.9. The molecule has 0 bridgehead atoms. The van der Waals surface area contributed by atoms with Crippen molar-refractivity contribution in [3.63, 3.8) is 0 Å². The molecular formula is C16H19F3N2O4. The molecule has 6 nitrogen and oxygen atoms in total. The van der Waals surface area contributed by atoms with Crippen LogP contribution in [0.1, 0.15) is 26.3 Å². The Morgan fingerprint density at radius 1 is 1.24 bits per heavy atom. The molecule has 0 saturated heterocycles. The van der Waals surface area contributed by atoms with E-state index in [9.17, 15) is 27.6 Å². The van der Waals surface area contributed by atoms with Crippen LogP contribution >= 0.6 is 0 Å². The van der Waals surface area contributed by atoms with Gasteiger partial charge >= 0.3 is 18.1 Å². The Hall–Kier alpha value is -2.42. The summed E-state index contributed by atoms with van der Waals surface area (Å²) >= 11 is 0. The summed E-state index contributed by atoms with van der Waals surface area (Å²) in [6, 6.07) is 2.72. The molecule has 0 aliphatic carbocycles. The van der Waals surface area contributed by atoms with Crippen molar-refractivity contribution in [2.45, 2.75) is 33.0 Å². The minimum absolute atomic E-state index is 0.127. The van der Waals surface area contributed by atoms with E-state index in [1.165, 1.54) is 6.07 Å². The molecule has 1 atom stereocenters. The zero-order valence-electron chi connectivity index (χ0n) is 14.0. The molecule has 1 rings (SSSR count). The monoisotopic (exact) mass is 360 g/mol. The maximum Gasteiger partial charge on any atom is 0.416 e. The Labute approximate surface area is 142 Å². The zero-order valence-corrected chi connectivity index (χ0v) is 14.0. The van der Waals surface area contributed by atoms with Crippen LogP contribution < -0.4 is 10.6 Å². The second-order valence-electron chi connectivity index (χ2n) is 5.62. The van der Waals surface area contributed by atoms with E-state index in [2.05, 4.69) is 4.74 Å². The summed E-state index contributed by atoms with van der Waals surface area (Å²) in [7, 11) is 0. The smallest absolute Gasteiger partial charge is 0.391 e. The molecule has 0 aromatic heterocycles. The van der Waals surface area contributed by atoms with Crippen LogP contribution in [0.4, 0.5) is 18.9 Å². The number of amides is 1. The molecule has 1 aromatic rings. The lowest BCUT2D eigenvalue weighted by molar-refractivity contribution is -0.160. The fourth-order valence-corrected chi connectivity index (χ4v) is 2.26. The third kappa shape index (κ3) is 5.28. The van der Waals surface area contributed by atoms with Crippen LogP contribution in [-0.4, -0.2) is 30.4 Å². The van der Waals surface area contributed by atoms with Gasteiger partial charge in [-0.05, 0) is 24.1 Å². The minimum atomic E-state index is -4.61. The number of alkyl halides is 3. The maximum atomic E-state index is 12.9. The summed E-state index contributed by atoms with van der Waals surface area (Å²) in [5, 5.41) is 0. The van der Waals surface area contributed by atoms with Gasteiger partial charge in [0.25, 0.3) is 0 Å². The summed E-state index contributed by atoms with van der Waals surface area (Å²) in [5.74, 6) is -3.26. The second kappa shape index (κ2) is 8.11. The van der Waals surface area contributed by atoms with E-state index in [0.717, 1.165) is 30.0 Å². The number of carbonyl (C=O) groups excluding carboxylic acids is 3. The average Bonchev–Trinajstić information content (AvgIpc) is 2.50. The molecule has 138 valence electrons. The Kier molecular flexibility index (Phi) is 6.69. The van der Waals surface area contributed by atoms with E-state index >= 15 is 0 Å². The van der Waals surface area contributed by atoms with E-state index in [1.54, 1.807) is 13.8 Å². The molecule has 0 radical (unpaired) electrons. The van der Waals surface area contributed by atoms with Crippen LogP contribution in [0.25, 0.3) is 0 Å². The lowest BCUT2D eigenvalue weighted by atomic mass is 10.0. The van der Waals surface area contributed by atoms with Gasteiger partial charge < -0.3 is 10.5 Å². The first-order valence-electron chi connectivity index (χ1n) is 7.40. The van der Waals surface area contributed by atoms with E-state index in [0.29, 0.717) is 0 Å². The third-order valence-electron chi connectivity index (χ3n) is 3.32. The van der Waals surface area contributed by atoms with Crippen molar-refractivity contribution in [1.82, 2.24) is 0 Å². The summed E-state index contributed by atoms with van der Waals surface area (Å²) < 4.78 is 43.3. The fourth-order valence-electron chi connectivity index (χ4n) is 2.26. The number of nitrogens with two attached hydrogens (primary N) is 1. The number of ether oxygens (including phenoxy) is 1. The van der Waals surface area contributed by atoms with Crippen LogP contribution in [0.15, 0.2) is 24.3 Å². The first-order valence-corrected chi connectivity index (χ1v) is 7.40. The average molecular weight is 360 g/mol. The first kappa shape index (κ1) is 20.6. The largest absolute Gasteiger partial charge is 0.416 e. The van der Waals surface area contributed by atoms with E-state index in [-0.39, 0.29) is 5.69 Å². The van der Waals surface area contributed by atoms with Gasteiger partial charge in [0, 0.05) is 12.6 Å². The predicted octanol–water partition coefficient (Wildman–Crippen LogP) is 2.11. The lowest BCUT2D eigenvalue weighted by Gasteiger charge is -2.32. The highest BCUT2D eigenvalue weighted by atomic mass is 19.4. The number of nitrogens with zero attached hydrogens (tertiary/aromatic N) is 1. The van der Waals surface area contributed by atoms with Gasteiger partial charge in [-0.2, -0.15) is 13.2 Å². The molecule has 0 spiro atoms. The predicted molar refractivity (Wildman–Crippen MR) is 83.4 cm³/mol. The molecule has 0 aliphatic heterocycles. The van der Waals surface area contributed by atoms with Gasteiger partial charge in [0.1, 0.15) is 6.04 Å². The highest BCUT2D eigenvalue weighted by Gasteiger charge is 2.36. The minimum Gasteiger partial charge on any atom is -0.391 e. The molecular weight excluding hydrogens is 341 g/mol. The molecule has 9 heteroatoms. The van der Waals surface area contributed by atoms with Gasteiger partial charge in [-0.25, -0.2) is 4.79 Å². The molecule has 0 heterocycles. The van der Waals surface area contributed by atoms with Crippen molar-refractivity contribution >= 4 is 23.5 Å². The van der Waals surface area contributed by atoms with Crippen molar-refractivity contribution in [2.75, 3.05) is 11.4 Å². The van der Waals surface area contributed by atoms with E-state index in [1.807, 2.05) is 0 Å². The number of halogens is 3. The molecule has 25 heavy (non-hydrogen) atoms. The Bertz CT molecular complexity index is 659. The van der Waals surface area contributed by atoms with Crippen molar-refractivity contribution in [3.8, 4) is 0 Å². The van der Waals surface area contributed by atoms with Crippen molar-refractivity contribution < 1.29 is 32.3 Å². The van der Waals surface area contributed by atoms with E-state index in [4.69, 9.17) is 5.73 Å². The topological polar surface area (TPSA) is 89.7 Å². The normalized spacial score (nSPS) is 12.6. The summed E-state index contributed by atoms with van der Waals surface area (Å²) in [4.78, 5) is 36.4. The highest BCUT2D eigenvalue weighted by molar-refractivity contribution is 6.00. The number of esters is 2. The van der Waals surface area contributed by atoms with Crippen LogP contribution in [0, 0.1) is 5.92 Å². The molecule has 1 amide bonds. The van der Waals surface area contributed by atoms with Gasteiger partial charge in [0.05, 0.1) is 12.1 Å². The summed E-state index contributed by atoms with van der Waals surface area (Å²) in [6.07, 6.45) is -4.61. The SMILES string of the molecule is CC(=O)N(c1cccc(C(F)(F)F)c1)[C@H](C(=O)OC(=O)CN)C(C)C. The lowest BCUT2D eigenvalue weighted by Crippen LogP contribution is -2.49. The van der Waals surface area contributed by atoms with Crippen LogP contribution in [0.2, 0.25) is 0 Å². The first-order chi connectivity index (χ1) is 11.5. The third-order valence-corrected chi connectivity index (χ3v) is 3.32. The standard InChI is InChI=1S/C16H19F3N2O4/c1-9(2)14(15(24)25-13(23)8-20)21(10(3)22)12-6-4-5-11(7-12)16(17,18)19/h4-7,9,14H,8,20H2,1-3H3/t14-/m0/s1. The van der Waals surface area contributed by atoms with Crippen molar-refractivity contribution in [3.05, 3.63) is 29.8 Å². The second-order valence-corrected chi connectivity index (χ2v) is 5.62. The Morgan fingerprint density at radius 2 is 1.84 bits per heavy atom.